The zero-order valence-electron chi connectivity index (χ0n) is 13.1. The quantitative estimate of drug-likeness (QED) is 0.894. The second kappa shape index (κ2) is 6.70. The van der Waals surface area contributed by atoms with Crippen molar-refractivity contribution in [1.29, 1.82) is 0 Å². The van der Waals surface area contributed by atoms with Crippen molar-refractivity contribution in [3.8, 4) is 0 Å². The Hall–Kier alpha value is -1.89. The molecule has 0 radical (unpaired) electrons. The summed E-state index contributed by atoms with van der Waals surface area (Å²) < 4.78 is 1.63. The van der Waals surface area contributed by atoms with Crippen LogP contribution in [0.3, 0.4) is 0 Å². The Labute approximate surface area is 137 Å². The van der Waals surface area contributed by atoms with Crippen LogP contribution in [0.2, 0.25) is 0 Å². The molecule has 2 heterocycles. The van der Waals surface area contributed by atoms with E-state index in [2.05, 4.69) is 17.2 Å². The molecule has 3 rings (SSSR count). The predicted molar refractivity (Wildman–Crippen MR) is 90.9 cm³/mol. The van der Waals surface area contributed by atoms with E-state index in [9.17, 15) is 14.4 Å². The van der Waals surface area contributed by atoms with Gasteiger partial charge in [0.25, 0.3) is 5.56 Å². The highest BCUT2D eigenvalue weighted by Gasteiger charge is 2.19. The van der Waals surface area contributed by atoms with Gasteiger partial charge in [0, 0.05) is 19.0 Å². The van der Waals surface area contributed by atoms with Crippen LogP contribution in [0.15, 0.2) is 21.0 Å². The molecule has 1 amide bonds. The second-order valence-corrected chi connectivity index (χ2v) is 7.24. The molecule has 0 saturated heterocycles. The summed E-state index contributed by atoms with van der Waals surface area (Å²) in [6.07, 6.45) is 4.44. The van der Waals surface area contributed by atoms with Gasteiger partial charge in [0.2, 0.25) is 5.91 Å². The number of carbonyl (C=O) groups is 1. The molecular formula is C16H21N3O3S. The van der Waals surface area contributed by atoms with E-state index in [4.69, 9.17) is 0 Å². The van der Waals surface area contributed by atoms with Gasteiger partial charge >= 0.3 is 5.69 Å². The van der Waals surface area contributed by atoms with Crippen molar-refractivity contribution >= 4 is 27.5 Å². The summed E-state index contributed by atoms with van der Waals surface area (Å²) in [4.78, 5) is 39.0. The van der Waals surface area contributed by atoms with Crippen LogP contribution in [0.4, 0.5) is 0 Å². The van der Waals surface area contributed by atoms with E-state index in [1.807, 2.05) is 0 Å². The average Bonchev–Trinajstić information content (AvgIpc) is 2.98. The van der Waals surface area contributed by atoms with Crippen molar-refractivity contribution in [3.05, 3.63) is 32.3 Å². The van der Waals surface area contributed by atoms with E-state index in [0.717, 1.165) is 36.2 Å². The Kier molecular flexibility index (Phi) is 4.66. The zero-order valence-corrected chi connectivity index (χ0v) is 13.9. The van der Waals surface area contributed by atoms with E-state index in [0.29, 0.717) is 10.2 Å². The van der Waals surface area contributed by atoms with Gasteiger partial charge in [-0.1, -0.05) is 6.92 Å². The second-order valence-electron chi connectivity index (χ2n) is 6.32. The van der Waals surface area contributed by atoms with Gasteiger partial charge in [-0.05, 0) is 43.0 Å². The van der Waals surface area contributed by atoms with Gasteiger partial charge in [0.1, 0.15) is 4.70 Å². The summed E-state index contributed by atoms with van der Waals surface area (Å²) in [6.45, 7) is 2.34. The third kappa shape index (κ3) is 3.55. The lowest BCUT2D eigenvalue weighted by Gasteiger charge is -2.26. The molecule has 2 aromatic rings. The molecule has 7 heteroatoms. The van der Waals surface area contributed by atoms with Gasteiger partial charge in [0.05, 0.1) is 5.52 Å². The fourth-order valence-corrected chi connectivity index (χ4v) is 3.89. The van der Waals surface area contributed by atoms with Crippen molar-refractivity contribution in [1.82, 2.24) is 14.9 Å². The van der Waals surface area contributed by atoms with Crippen LogP contribution in [-0.4, -0.2) is 21.5 Å². The van der Waals surface area contributed by atoms with Crippen LogP contribution in [0.5, 0.6) is 0 Å². The first kappa shape index (κ1) is 16.0. The predicted octanol–water partition coefficient (Wildman–Crippen LogP) is 1.84. The largest absolute Gasteiger partial charge is 0.353 e. The Morgan fingerprint density at radius 1 is 1.35 bits per heavy atom. The first-order chi connectivity index (χ1) is 11.0. The molecule has 1 saturated carbocycles. The fourth-order valence-electron chi connectivity index (χ4n) is 3.09. The maximum atomic E-state index is 12.3. The minimum Gasteiger partial charge on any atom is -0.353 e. The van der Waals surface area contributed by atoms with Gasteiger partial charge < -0.3 is 10.3 Å². The van der Waals surface area contributed by atoms with E-state index in [1.165, 1.54) is 11.3 Å². The SMILES string of the molecule is CC1CCC(NC(=O)CCn2c(=O)[nH]c3ccsc3c2=O)CC1. The Bertz CT molecular complexity index is 812. The Balaban J connectivity index is 1.63. The van der Waals surface area contributed by atoms with Crippen LogP contribution in [0.1, 0.15) is 39.0 Å². The first-order valence-electron chi connectivity index (χ1n) is 8.04. The highest BCUT2D eigenvalue weighted by atomic mass is 32.1. The number of hydrogen-bond acceptors (Lipinski definition) is 4. The van der Waals surface area contributed by atoms with E-state index in [-0.39, 0.29) is 30.5 Å². The molecule has 0 unspecified atom stereocenters. The molecule has 0 atom stereocenters. The van der Waals surface area contributed by atoms with E-state index >= 15 is 0 Å². The molecule has 1 fully saturated rings. The van der Waals surface area contributed by atoms with Crippen LogP contribution in [0.25, 0.3) is 10.2 Å². The normalized spacial score (nSPS) is 21.4. The van der Waals surface area contributed by atoms with Crippen molar-refractivity contribution in [3.63, 3.8) is 0 Å². The van der Waals surface area contributed by atoms with Gasteiger partial charge in [0.15, 0.2) is 0 Å². The van der Waals surface area contributed by atoms with Crippen LogP contribution in [-0.2, 0) is 11.3 Å². The number of thiophene rings is 1. The molecule has 2 N–H and O–H groups in total. The first-order valence-corrected chi connectivity index (χ1v) is 8.92. The summed E-state index contributed by atoms with van der Waals surface area (Å²) in [5.74, 6) is 0.639. The number of nitrogens with one attached hydrogen (secondary N) is 2. The molecule has 0 bridgehead atoms. The van der Waals surface area contributed by atoms with Crippen molar-refractivity contribution in [2.75, 3.05) is 0 Å². The number of aromatic amines is 1. The van der Waals surface area contributed by atoms with Gasteiger partial charge in [-0.25, -0.2) is 4.79 Å². The molecular weight excluding hydrogens is 314 g/mol. The van der Waals surface area contributed by atoms with Gasteiger partial charge in [-0.3, -0.25) is 14.2 Å². The molecule has 1 aliphatic carbocycles. The lowest BCUT2D eigenvalue weighted by molar-refractivity contribution is -0.122. The van der Waals surface area contributed by atoms with E-state index < -0.39 is 5.69 Å². The number of aromatic nitrogens is 2. The summed E-state index contributed by atoms with van der Waals surface area (Å²) >= 11 is 1.30. The lowest BCUT2D eigenvalue weighted by atomic mass is 9.87. The van der Waals surface area contributed by atoms with Crippen molar-refractivity contribution < 1.29 is 4.79 Å². The highest BCUT2D eigenvalue weighted by Crippen LogP contribution is 2.23. The number of carbonyl (C=O) groups excluding carboxylic acids is 1. The van der Waals surface area contributed by atoms with Crippen LogP contribution >= 0.6 is 11.3 Å². The van der Waals surface area contributed by atoms with E-state index in [1.54, 1.807) is 11.4 Å². The Morgan fingerprint density at radius 3 is 2.83 bits per heavy atom. The third-order valence-corrected chi connectivity index (χ3v) is 5.44. The van der Waals surface area contributed by atoms with Crippen LogP contribution < -0.4 is 16.6 Å². The average molecular weight is 335 g/mol. The number of hydrogen-bond donors (Lipinski definition) is 2. The third-order valence-electron chi connectivity index (χ3n) is 4.53. The van der Waals surface area contributed by atoms with Gasteiger partial charge in [-0.15, -0.1) is 11.3 Å². The minimum atomic E-state index is -0.458. The smallest absolute Gasteiger partial charge is 0.328 e. The summed E-state index contributed by atoms with van der Waals surface area (Å²) in [5, 5.41) is 4.78. The zero-order chi connectivity index (χ0) is 16.4. The fraction of sp³-hybridized carbons (Fsp3) is 0.562. The molecule has 0 aliphatic heterocycles. The lowest BCUT2D eigenvalue weighted by Crippen LogP contribution is -2.40. The molecule has 124 valence electrons. The molecule has 1 aliphatic rings. The summed E-state index contributed by atoms with van der Waals surface area (Å²) in [6, 6.07) is 1.94. The topological polar surface area (TPSA) is 84.0 Å². The molecule has 2 aromatic heterocycles. The number of amides is 1. The van der Waals surface area contributed by atoms with Gasteiger partial charge in [-0.2, -0.15) is 0 Å². The number of rotatable bonds is 4. The molecule has 6 nitrogen and oxygen atoms in total. The standard InChI is InChI=1S/C16H21N3O3S/c1-10-2-4-11(5-3-10)17-13(20)6-8-19-15(21)14-12(7-9-23-14)18-16(19)22/h7,9-11H,2-6,8H2,1H3,(H,17,20)(H,18,22). The van der Waals surface area contributed by atoms with Crippen molar-refractivity contribution in [2.24, 2.45) is 5.92 Å². The summed E-state index contributed by atoms with van der Waals surface area (Å²) in [5.41, 5.74) is -0.222. The Morgan fingerprint density at radius 2 is 2.09 bits per heavy atom. The molecule has 23 heavy (non-hydrogen) atoms. The maximum absolute atomic E-state index is 12.3. The number of H-pyrrole nitrogens is 1. The molecule has 0 spiro atoms. The minimum absolute atomic E-state index is 0.0953. The number of fused-ring (bicyclic) bond motifs is 1. The highest BCUT2D eigenvalue weighted by molar-refractivity contribution is 7.17. The molecule has 0 aromatic carbocycles. The van der Waals surface area contributed by atoms with Crippen molar-refractivity contribution in [2.45, 2.75) is 51.6 Å². The maximum Gasteiger partial charge on any atom is 0.328 e. The summed E-state index contributed by atoms with van der Waals surface area (Å²) in [7, 11) is 0. The number of nitrogens with zero attached hydrogens (tertiary/aromatic N) is 1. The monoisotopic (exact) mass is 335 g/mol. The van der Waals surface area contributed by atoms with Crippen LogP contribution in [0, 0.1) is 5.92 Å².